The summed E-state index contributed by atoms with van der Waals surface area (Å²) in [6, 6.07) is 1.74. The van der Waals surface area contributed by atoms with Gasteiger partial charge >= 0.3 is 6.09 Å². The number of furan rings is 1. The minimum atomic E-state index is -0.706. The Kier molecular flexibility index (Phi) is 4.03. The van der Waals surface area contributed by atoms with E-state index in [2.05, 4.69) is 15.4 Å². The second-order valence-corrected chi connectivity index (χ2v) is 6.56. The Labute approximate surface area is 143 Å². The van der Waals surface area contributed by atoms with Crippen molar-refractivity contribution in [1.82, 2.24) is 14.8 Å². The summed E-state index contributed by atoms with van der Waals surface area (Å²) in [5.41, 5.74) is 1.91. The molecule has 0 saturated heterocycles. The molecule has 0 radical (unpaired) electrons. The number of aldehydes is 1. The fourth-order valence-corrected chi connectivity index (χ4v) is 2.32. The van der Waals surface area contributed by atoms with Gasteiger partial charge in [-0.05, 0) is 26.8 Å². The van der Waals surface area contributed by atoms with Crippen LogP contribution in [0.5, 0.6) is 0 Å². The van der Waals surface area contributed by atoms with Crippen LogP contribution in [0.2, 0.25) is 0 Å². The van der Waals surface area contributed by atoms with E-state index < -0.39 is 11.7 Å². The number of pyridine rings is 1. The van der Waals surface area contributed by atoms with Crippen LogP contribution >= 0.6 is 0 Å². The van der Waals surface area contributed by atoms with Crippen LogP contribution in [0, 0.1) is 0 Å². The van der Waals surface area contributed by atoms with Crippen molar-refractivity contribution in [3.63, 3.8) is 0 Å². The zero-order valence-corrected chi connectivity index (χ0v) is 14.4. The van der Waals surface area contributed by atoms with Crippen LogP contribution in [0.25, 0.3) is 22.2 Å². The third kappa shape index (κ3) is 3.52. The van der Waals surface area contributed by atoms with Crippen molar-refractivity contribution in [2.45, 2.75) is 26.4 Å². The first-order chi connectivity index (χ1) is 11.8. The predicted molar refractivity (Wildman–Crippen MR) is 91.5 cm³/mol. The lowest BCUT2D eigenvalue weighted by atomic mass is 10.1. The third-order valence-corrected chi connectivity index (χ3v) is 3.34. The Morgan fingerprint density at radius 2 is 2.08 bits per heavy atom. The van der Waals surface area contributed by atoms with Gasteiger partial charge in [0.1, 0.15) is 16.7 Å². The Hall–Kier alpha value is -3.16. The molecule has 0 aliphatic heterocycles. The molecule has 0 spiro atoms. The van der Waals surface area contributed by atoms with E-state index in [0.717, 1.165) is 11.1 Å². The maximum atomic E-state index is 11.9. The first-order valence-corrected chi connectivity index (χ1v) is 7.63. The van der Waals surface area contributed by atoms with Gasteiger partial charge in [-0.3, -0.25) is 19.8 Å². The van der Waals surface area contributed by atoms with Crippen LogP contribution in [-0.4, -0.2) is 32.7 Å². The molecule has 0 aromatic carbocycles. The summed E-state index contributed by atoms with van der Waals surface area (Å²) in [6.07, 6.45) is 5.05. The van der Waals surface area contributed by atoms with Gasteiger partial charge in [-0.25, -0.2) is 4.79 Å². The van der Waals surface area contributed by atoms with Crippen molar-refractivity contribution in [3.8, 4) is 11.1 Å². The van der Waals surface area contributed by atoms with Gasteiger partial charge in [0, 0.05) is 30.6 Å². The molecule has 3 rings (SSSR count). The van der Waals surface area contributed by atoms with Crippen molar-refractivity contribution in [3.05, 3.63) is 30.2 Å². The minimum absolute atomic E-state index is 0.00934. The van der Waals surface area contributed by atoms with E-state index in [1.807, 2.05) is 13.2 Å². The highest BCUT2D eigenvalue weighted by molar-refractivity contribution is 6.03. The SMILES string of the molecule is Cn1cc(-c2cnc3c(C=O)c(NC(=O)OC(C)(C)C)oc3c2)cn1. The normalized spacial score (nSPS) is 11.5. The number of anilines is 1. The third-order valence-electron chi connectivity index (χ3n) is 3.34. The second-order valence-electron chi connectivity index (χ2n) is 6.56. The highest BCUT2D eigenvalue weighted by atomic mass is 16.6. The number of ether oxygens (including phenoxy) is 1. The number of rotatable bonds is 3. The number of carbonyl (C=O) groups excluding carboxylic acids is 2. The molecule has 130 valence electrons. The molecule has 1 N–H and O–H groups in total. The number of hydrogen-bond acceptors (Lipinski definition) is 6. The highest BCUT2D eigenvalue weighted by Crippen LogP contribution is 2.30. The van der Waals surface area contributed by atoms with Crippen LogP contribution < -0.4 is 5.32 Å². The molecule has 0 aliphatic carbocycles. The topological polar surface area (TPSA) is 99.2 Å². The molecule has 8 heteroatoms. The first kappa shape index (κ1) is 16.7. The molecule has 0 aliphatic rings. The lowest BCUT2D eigenvalue weighted by Gasteiger charge is -2.19. The zero-order valence-electron chi connectivity index (χ0n) is 14.4. The molecule has 0 saturated carbocycles. The molecule has 25 heavy (non-hydrogen) atoms. The molecule has 3 aromatic heterocycles. The molecule has 0 bridgehead atoms. The summed E-state index contributed by atoms with van der Waals surface area (Å²) in [4.78, 5) is 27.6. The van der Waals surface area contributed by atoms with Gasteiger partial charge in [-0.15, -0.1) is 0 Å². The highest BCUT2D eigenvalue weighted by Gasteiger charge is 2.21. The monoisotopic (exact) mass is 342 g/mol. The van der Waals surface area contributed by atoms with Gasteiger partial charge in [0.2, 0.25) is 5.88 Å². The predicted octanol–water partition coefficient (Wildman–Crippen LogP) is 3.39. The molecule has 3 heterocycles. The quantitative estimate of drug-likeness (QED) is 0.733. The van der Waals surface area contributed by atoms with Gasteiger partial charge in [-0.2, -0.15) is 5.10 Å². The van der Waals surface area contributed by atoms with E-state index in [1.165, 1.54) is 0 Å². The number of aryl methyl sites for hydroxylation is 1. The van der Waals surface area contributed by atoms with Crippen LogP contribution in [0.1, 0.15) is 31.1 Å². The van der Waals surface area contributed by atoms with Crippen LogP contribution in [0.4, 0.5) is 10.7 Å². The molecular weight excluding hydrogens is 324 g/mol. The van der Waals surface area contributed by atoms with Gasteiger partial charge < -0.3 is 9.15 Å². The molecule has 3 aromatic rings. The van der Waals surface area contributed by atoms with Gasteiger partial charge in [0.25, 0.3) is 0 Å². The second kappa shape index (κ2) is 6.04. The minimum Gasteiger partial charge on any atom is -0.444 e. The Balaban J connectivity index is 1.97. The van der Waals surface area contributed by atoms with Gasteiger partial charge in [0.05, 0.1) is 6.20 Å². The van der Waals surface area contributed by atoms with Crippen molar-refractivity contribution in [2.24, 2.45) is 7.05 Å². The number of hydrogen-bond donors (Lipinski definition) is 1. The average molecular weight is 342 g/mol. The van der Waals surface area contributed by atoms with Gasteiger partial charge in [-0.1, -0.05) is 0 Å². The van der Waals surface area contributed by atoms with Crippen molar-refractivity contribution in [1.29, 1.82) is 0 Å². The zero-order chi connectivity index (χ0) is 18.2. The lowest BCUT2D eigenvalue weighted by molar-refractivity contribution is 0.0633. The van der Waals surface area contributed by atoms with Crippen LogP contribution in [0.3, 0.4) is 0 Å². The maximum Gasteiger partial charge on any atom is 0.414 e. The Bertz CT molecular complexity index is 949. The Morgan fingerprint density at radius 1 is 1.32 bits per heavy atom. The largest absolute Gasteiger partial charge is 0.444 e. The average Bonchev–Trinajstić information content (AvgIpc) is 3.07. The number of amides is 1. The number of fused-ring (bicyclic) bond motifs is 1. The van der Waals surface area contributed by atoms with E-state index in [1.54, 1.807) is 43.9 Å². The summed E-state index contributed by atoms with van der Waals surface area (Å²) in [5, 5.41) is 6.57. The van der Waals surface area contributed by atoms with Crippen LogP contribution in [0.15, 0.2) is 29.1 Å². The number of aromatic nitrogens is 3. The molecular formula is C17H18N4O4. The lowest BCUT2D eigenvalue weighted by Crippen LogP contribution is -2.27. The van der Waals surface area contributed by atoms with Crippen molar-refractivity contribution >= 4 is 29.4 Å². The molecule has 0 atom stereocenters. The van der Waals surface area contributed by atoms with Crippen molar-refractivity contribution < 1.29 is 18.7 Å². The Morgan fingerprint density at radius 3 is 2.68 bits per heavy atom. The van der Waals surface area contributed by atoms with E-state index in [4.69, 9.17) is 9.15 Å². The van der Waals surface area contributed by atoms with E-state index >= 15 is 0 Å². The summed E-state index contributed by atoms with van der Waals surface area (Å²) in [5.74, 6) is 0.00934. The summed E-state index contributed by atoms with van der Waals surface area (Å²) >= 11 is 0. The number of nitrogens with zero attached hydrogens (tertiary/aromatic N) is 3. The fourth-order valence-electron chi connectivity index (χ4n) is 2.32. The fraction of sp³-hybridized carbons (Fsp3) is 0.294. The molecule has 1 amide bonds. The van der Waals surface area contributed by atoms with Crippen molar-refractivity contribution in [2.75, 3.05) is 5.32 Å². The van der Waals surface area contributed by atoms with E-state index in [-0.39, 0.29) is 11.4 Å². The van der Waals surface area contributed by atoms with E-state index in [9.17, 15) is 9.59 Å². The summed E-state index contributed by atoms with van der Waals surface area (Å²) in [7, 11) is 1.82. The smallest absolute Gasteiger partial charge is 0.414 e. The molecule has 8 nitrogen and oxygen atoms in total. The number of carbonyl (C=O) groups is 2. The van der Waals surface area contributed by atoms with E-state index in [0.29, 0.717) is 17.4 Å². The van der Waals surface area contributed by atoms with Crippen LogP contribution in [-0.2, 0) is 11.8 Å². The standard InChI is InChI=1S/C17H18N4O4/c1-17(2,3)25-16(23)20-15-12(9-22)14-13(24-15)5-10(6-18-14)11-7-19-21(4)8-11/h5-9H,1-4H3,(H,20,23). The van der Waals surface area contributed by atoms with Gasteiger partial charge in [0.15, 0.2) is 11.9 Å². The number of nitrogens with one attached hydrogen (secondary N) is 1. The molecule has 0 fully saturated rings. The first-order valence-electron chi connectivity index (χ1n) is 7.63. The maximum absolute atomic E-state index is 11.9. The summed E-state index contributed by atoms with van der Waals surface area (Å²) in [6.45, 7) is 5.23. The molecule has 0 unspecified atom stereocenters. The summed E-state index contributed by atoms with van der Waals surface area (Å²) < 4.78 is 12.5.